The van der Waals surface area contributed by atoms with Crippen LogP contribution in [0.25, 0.3) is 0 Å². The van der Waals surface area contributed by atoms with Crippen LogP contribution in [0.5, 0.6) is 0 Å². The van der Waals surface area contributed by atoms with Gasteiger partial charge in [-0.15, -0.1) is 0 Å². The molecule has 0 spiro atoms. The van der Waals surface area contributed by atoms with E-state index in [0.717, 1.165) is 19.4 Å². The van der Waals surface area contributed by atoms with Gasteiger partial charge >= 0.3 is 0 Å². The maximum atomic E-state index is 8.39. The van der Waals surface area contributed by atoms with Gasteiger partial charge in [-0.1, -0.05) is 19.0 Å². The van der Waals surface area contributed by atoms with E-state index in [0.29, 0.717) is 23.7 Å². The largest absolute Gasteiger partial charge is 0.409 e. The van der Waals surface area contributed by atoms with E-state index >= 15 is 0 Å². The molecular formula is C13H27N3O. The van der Waals surface area contributed by atoms with Crippen LogP contribution in [0, 0.1) is 5.41 Å². The number of unbranched alkanes of at least 4 members (excludes halogenated alkanes) is 1. The maximum Gasteiger partial charge on any atom is 0.139 e. The molecule has 0 saturated heterocycles. The highest BCUT2D eigenvalue weighted by Crippen LogP contribution is 2.34. The van der Waals surface area contributed by atoms with Gasteiger partial charge in [0.05, 0.1) is 0 Å². The average Bonchev–Trinajstić information content (AvgIpc) is 2.30. The molecule has 4 nitrogen and oxygen atoms in total. The fraction of sp³-hybridized carbons (Fsp3) is 0.923. The normalized spacial score (nSPS) is 21.6. The Morgan fingerprint density at radius 3 is 2.59 bits per heavy atom. The monoisotopic (exact) mass is 241 g/mol. The van der Waals surface area contributed by atoms with Gasteiger partial charge < -0.3 is 16.3 Å². The predicted molar refractivity (Wildman–Crippen MR) is 71.3 cm³/mol. The van der Waals surface area contributed by atoms with Gasteiger partial charge in [-0.3, -0.25) is 0 Å². The van der Waals surface area contributed by atoms with Crippen molar-refractivity contribution in [3.05, 3.63) is 0 Å². The van der Waals surface area contributed by atoms with Gasteiger partial charge in [-0.2, -0.15) is 0 Å². The lowest BCUT2D eigenvalue weighted by Crippen LogP contribution is -2.36. The first-order valence-electron chi connectivity index (χ1n) is 6.73. The van der Waals surface area contributed by atoms with Crippen LogP contribution >= 0.6 is 0 Å². The zero-order valence-corrected chi connectivity index (χ0v) is 11.2. The molecule has 0 unspecified atom stereocenters. The first kappa shape index (κ1) is 14.3. The van der Waals surface area contributed by atoms with Crippen LogP contribution in [0.3, 0.4) is 0 Å². The van der Waals surface area contributed by atoms with Gasteiger partial charge in [0.1, 0.15) is 5.84 Å². The van der Waals surface area contributed by atoms with Gasteiger partial charge in [-0.05, 0) is 50.5 Å². The molecule has 1 fully saturated rings. The molecule has 0 bridgehead atoms. The zero-order valence-electron chi connectivity index (χ0n) is 11.2. The number of nitrogens with one attached hydrogen (secondary N) is 1. The van der Waals surface area contributed by atoms with Crippen LogP contribution in [0.4, 0.5) is 0 Å². The van der Waals surface area contributed by atoms with Crippen molar-refractivity contribution in [2.45, 2.75) is 64.8 Å². The summed E-state index contributed by atoms with van der Waals surface area (Å²) in [6.07, 6.45) is 8.02. The Kier molecular flexibility index (Phi) is 5.75. The van der Waals surface area contributed by atoms with E-state index in [1.807, 2.05) is 0 Å². The fourth-order valence-electron chi connectivity index (χ4n) is 2.39. The van der Waals surface area contributed by atoms with Crippen LogP contribution in [0.2, 0.25) is 0 Å². The predicted octanol–water partition coefficient (Wildman–Crippen LogP) is 2.46. The Bertz CT molecular complexity index is 241. The molecule has 1 rings (SSSR count). The van der Waals surface area contributed by atoms with Gasteiger partial charge in [0, 0.05) is 12.5 Å². The summed E-state index contributed by atoms with van der Waals surface area (Å²) in [5.41, 5.74) is 5.95. The smallest absolute Gasteiger partial charge is 0.139 e. The van der Waals surface area contributed by atoms with Gasteiger partial charge in [0.15, 0.2) is 0 Å². The SMILES string of the molecule is CC1(C)CCC(NCCCCC(N)=NO)CC1. The summed E-state index contributed by atoms with van der Waals surface area (Å²) in [6.45, 7) is 5.77. The molecule has 4 N–H and O–H groups in total. The Hall–Kier alpha value is -0.770. The van der Waals surface area contributed by atoms with Gasteiger partial charge in [-0.25, -0.2) is 0 Å². The Morgan fingerprint density at radius 1 is 1.35 bits per heavy atom. The van der Waals surface area contributed by atoms with Crippen molar-refractivity contribution >= 4 is 5.84 Å². The van der Waals surface area contributed by atoms with Crippen molar-refractivity contribution in [3.63, 3.8) is 0 Å². The molecule has 0 atom stereocenters. The van der Waals surface area contributed by atoms with Crippen molar-refractivity contribution in [2.24, 2.45) is 16.3 Å². The first-order chi connectivity index (χ1) is 8.03. The minimum atomic E-state index is 0.337. The fourth-order valence-corrected chi connectivity index (χ4v) is 2.39. The van der Waals surface area contributed by atoms with E-state index < -0.39 is 0 Å². The Morgan fingerprint density at radius 2 is 2.00 bits per heavy atom. The van der Waals surface area contributed by atoms with Crippen molar-refractivity contribution in [2.75, 3.05) is 6.54 Å². The molecule has 0 heterocycles. The quantitative estimate of drug-likeness (QED) is 0.220. The molecule has 0 aromatic heterocycles. The molecule has 0 radical (unpaired) electrons. The number of hydrogen-bond acceptors (Lipinski definition) is 3. The number of amidine groups is 1. The minimum Gasteiger partial charge on any atom is -0.409 e. The molecule has 0 amide bonds. The second-order valence-corrected chi connectivity index (χ2v) is 5.94. The summed E-state index contributed by atoms with van der Waals surface area (Å²) < 4.78 is 0. The summed E-state index contributed by atoms with van der Waals surface area (Å²) in [7, 11) is 0. The standard InChI is InChI=1S/C13H27N3O/c1-13(2)8-6-11(7-9-13)15-10-4-3-5-12(14)16-17/h11,15,17H,3-10H2,1-2H3,(H2,14,16). The minimum absolute atomic E-state index is 0.337. The van der Waals surface area contributed by atoms with Crippen LogP contribution in [-0.4, -0.2) is 23.6 Å². The summed E-state index contributed by atoms with van der Waals surface area (Å²) in [5, 5.41) is 15.0. The van der Waals surface area contributed by atoms with Gasteiger partial charge in [0.25, 0.3) is 0 Å². The van der Waals surface area contributed by atoms with E-state index in [1.165, 1.54) is 25.7 Å². The van der Waals surface area contributed by atoms with E-state index in [-0.39, 0.29) is 0 Å². The number of nitrogens with two attached hydrogens (primary N) is 1. The van der Waals surface area contributed by atoms with Crippen molar-refractivity contribution in [3.8, 4) is 0 Å². The van der Waals surface area contributed by atoms with Crippen molar-refractivity contribution in [1.29, 1.82) is 0 Å². The van der Waals surface area contributed by atoms with Crippen LogP contribution in [0.1, 0.15) is 58.8 Å². The van der Waals surface area contributed by atoms with Gasteiger partial charge in [0.2, 0.25) is 0 Å². The van der Waals surface area contributed by atoms with E-state index in [1.54, 1.807) is 0 Å². The van der Waals surface area contributed by atoms with Crippen molar-refractivity contribution < 1.29 is 5.21 Å². The molecule has 1 saturated carbocycles. The number of nitrogens with zero attached hydrogens (tertiary/aromatic N) is 1. The molecule has 17 heavy (non-hydrogen) atoms. The lowest BCUT2D eigenvalue weighted by molar-refractivity contribution is 0.206. The Labute approximate surface area is 105 Å². The first-order valence-corrected chi connectivity index (χ1v) is 6.73. The summed E-state index contributed by atoms with van der Waals surface area (Å²) in [5.74, 6) is 0.337. The third-order valence-corrected chi connectivity index (χ3v) is 3.76. The highest BCUT2D eigenvalue weighted by Gasteiger charge is 2.26. The molecule has 1 aliphatic carbocycles. The van der Waals surface area contributed by atoms with E-state index in [9.17, 15) is 0 Å². The number of rotatable bonds is 6. The topological polar surface area (TPSA) is 70.6 Å². The van der Waals surface area contributed by atoms with E-state index in [4.69, 9.17) is 10.9 Å². The average molecular weight is 241 g/mol. The van der Waals surface area contributed by atoms with Crippen LogP contribution < -0.4 is 11.1 Å². The highest BCUT2D eigenvalue weighted by molar-refractivity contribution is 5.79. The third kappa shape index (κ3) is 5.91. The molecule has 100 valence electrons. The molecule has 0 aliphatic heterocycles. The van der Waals surface area contributed by atoms with Crippen LogP contribution in [0.15, 0.2) is 5.16 Å². The maximum absolute atomic E-state index is 8.39. The molecule has 0 aromatic rings. The number of hydrogen-bond donors (Lipinski definition) is 3. The summed E-state index contributed by atoms with van der Waals surface area (Å²) in [4.78, 5) is 0. The zero-order chi connectivity index (χ0) is 12.7. The summed E-state index contributed by atoms with van der Waals surface area (Å²) >= 11 is 0. The second-order valence-electron chi connectivity index (χ2n) is 5.94. The van der Waals surface area contributed by atoms with Crippen molar-refractivity contribution in [1.82, 2.24) is 5.32 Å². The second kappa shape index (κ2) is 6.84. The van der Waals surface area contributed by atoms with Crippen LogP contribution in [-0.2, 0) is 0 Å². The third-order valence-electron chi connectivity index (χ3n) is 3.76. The Balaban J connectivity index is 2.01. The lowest BCUT2D eigenvalue weighted by atomic mass is 9.75. The highest BCUT2D eigenvalue weighted by atomic mass is 16.4. The molecular weight excluding hydrogens is 214 g/mol. The lowest BCUT2D eigenvalue weighted by Gasteiger charge is -2.34. The summed E-state index contributed by atoms with van der Waals surface area (Å²) in [6, 6.07) is 0.701. The molecule has 4 heteroatoms. The molecule has 0 aromatic carbocycles. The number of oxime groups is 1. The van der Waals surface area contributed by atoms with E-state index in [2.05, 4.69) is 24.3 Å². The molecule has 1 aliphatic rings.